The Bertz CT molecular complexity index is 819. The van der Waals surface area contributed by atoms with Gasteiger partial charge in [0.1, 0.15) is 0 Å². The Labute approximate surface area is 149 Å². The molecule has 0 aliphatic heterocycles. The van der Waals surface area contributed by atoms with Crippen LogP contribution in [0.1, 0.15) is 75.1 Å². The monoisotopic (exact) mass is 343 g/mol. The topological polar surface area (TPSA) is 85.8 Å². The van der Waals surface area contributed by atoms with Crippen LogP contribution in [-0.2, 0) is 5.54 Å². The molecule has 1 aliphatic carbocycles. The molecule has 3 N–H and O–H groups in total. The average molecular weight is 343 g/mol. The van der Waals surface area contributed by atoms with Gasteiger partial charge in [-0.25, -0.2) is 9.67 Å². The lowest BCUT2D eigenvalue weighted by molar-refractivity contribution is 0.0947. The lowest BCUT2D eigenvalue weighted by Crippen LogP contribution is -2.45. The number of nitrogens with zero attached hydrogens (tertiary/aromatic N) is 3. The summed E-state index contributed by atoms with van der Waals surface area (Å²) in [7, 11) is 0. The third kappa shape index (κ3) is 3.68. The highest BCUT2D eigenvalue weighted by Crippen LogP contribution is 2.40. The number of amides is 1. The molecular formula is C19H29N5O. The van der Waals surface area contributed by atoms with Crippen molar-refractivity contribution >= 4 is 16.9 Å². The molecule has 1 fully saturated rings. The molecule has 0 spiro atoms. The summed E-state index contributed by atoms with van der Waals surface area (Å²) in [6.07, 6.45) is 2.27. The molecule has 3 rings (SSSR count). The van der Waals surface area contributed by atoms with Crippen LogP contribution in [0.25, 0.3) is 11.0 Å². The molecule has 6 heteroatoms. The molecule has 1 amide bonds. The minimum Gasteiger partial charge on any atom is -0.350 e. The van der Waals surface area contributed by atoms with Crippen LogP contribution in [0, 0.1) is 6.92 Å². The largest absolute Gasteiger partial charge is 0.350 e. The third-order valence-corrected chi connectivity index (χ3v) is 4.41. The molecular weight excluding hydrogens is 314 g/mol. The van der Waals surface area contributed by atoms with E-state index in [1.54, 1.807) is 0 Å². The van der Waals surface area contributed by atoms with E-state index in [0.717, 1.165) is 35.3 Å². The minimum atomic E-state index is -0.453. The molecule has 136 valence electrons. The molecule has 25 heavy (non-hydrogen) atoms. The van der Waals surface area contributed by atoms with Crippen molar-refractivity contribution in [2.45, 2.75) is 71.4 Å². The maximum Gasteiger partial charge on any atom is 0.252 e. The number of fused-ring (bicyclic) bond motifs is 1. The highest BCUT2D eigenvalue weighted by molar-refractivity contribution is 6.06. The van der Waals surface area contributed by atoms with Crippen LogP contribution in [0.2, 0.25) is 0 Å². The number of carbonyl (C=O) groups excluding carboxylic acids is 1. The normalized spacial score (nSPS) is 15.6. The van der Waals surface area contributed by atoms with Crippen LogP contribution in [0.4, 0.5) is 0 Å². The van der Waals surface area contributed by atoms with E-state index in [1.165, 1.54) is 0 Å². The van der Waals surface area contributed by atoms with Crippen LogP contribution in [0.3, 0.4) is 0 Å². The lowest BCUT2D eigenvalue weighted by Gasteiger charge is -2.21. The standard InChI is InChI=1S/C19H29N5O/c1-11-15-13(17(25)21-10-19(5,6)20)9-14(12-7-8-12)22-16(15)24(23-11)18(2,3)4/h9,12H,7-8,10,20H2,1-6H3,(H,21,25). The van der Waals surface area contributed by atoms with Gasteiger partial charge in [-0.3, -0.25) is 4.79 Å². The van der Waals surface area contributed by atoms with Crippen molar-refractivity contribution in [2.24, 2.45) is 5.73 Å². The smallest absolute Gasteiger partial charge is 0.252 e. The number of hydrogen-bond donors (Lipinski definition) is 2. The number of aryl methyl sites for hydroxylation is 1. The number of nitrogens with two attached hydrogens (primary N) is 1. The summed E-state index contributed by atoms with van der Waals surface area (Å²) in [6.45, 7) is 12.4. The number of pyridine rings is 1. The molecule has 2 heterocycles. The van der Waals surface area contributed by atoms with E-state index in [1.807, 2.05) is 31.5 Å². The zero-order valence-corrected chi connectivity index (χ0v) is 16.1. The fourth-order valence-electron chi connectivity index (χ4n) is 2.95. The van der Waals surface area contributed by atoms with Gasteiger partial charge in [-0.05, 0) is 60.5 Å². The minimum absolute atomic E-state index is 0.107. The van der Waals surface area contributed by atoms with E-state index in [4.69, 9.17) is 10.7 Å². The first-order valence-corrected chi connectivity index (χ1v) is 8.95. The summed E-state index contributed by atoms with van der Waals surface area (Å²) in [5, 5.41) is 8.49. The van der Waals surface area contributed by atoms with Crippen molar-refractivity contribution in [3.8, 4) is 0 Å². The van der Waals surface area contributed by atoms with Crippen LogP contribution < -0.4 is 11.1 Å². The molecule has 0 bridgehead atoms. The van der Waals surface area contributed by atoms with Gasteiger partial charge in [-0.1, -0.05) is 0 Å². The summed E-state index contributed by atoms with van der Waals surface area (Å²) in [4.78, 5) is 17.8. The lowest BCUT2D eigenvalue weighted by atomic mass is 10.0. The molecule has 0 saturated heterocycles. The van der Waals surface area contributed by atoms with Gasteiger partial charge < -0.3 is 11.1 Å². The Morgan fingerprint density at radius 3 is 2.48 bits per heavy atom. The summed E-state index contributed by atoms with van der Waals surface area (Å²) in [5.74, 6) is 0.356. The van der Waals surface area contributed by atoms with E-state index < -0.39 is 5.54 Å². The number of rotatable bonds is 4. The Morgan fingerprint density at radius 2 is 1.96 bits per heavy atom. The maximum absolute atomic E-state index is 12.9. The van der Waals surface area contributed by atoms with E-state index >= 15 is 0 Å². The van der Waals surface area contributed by atoms with Crippen molar-refractivity contribution in [3.63, 3.8) is 0 Å². The maximum atomic E-state index is 12.9. The highest BCUT2D eigenvalue weighted by atomic mass is 16.1. The molecule has 6 nitrogen and oxygen atoms in total. The first-order valence-electron chi connectivity index (χ1n) is 8.95. The molecule has 1 saturated carbocycles. The Morgan fingerprint density at radius 1 is 1.32 bits per heavy atom. The summed E-state index contributed by atoms with van der Waals surface area (Å²) in [6, 6.07) is 1.94. The van der Waals surface area contributed by atoms with Gasteiger partial charge in [-0.2, -0.15) is 5.10 Å². The molecule has 0 aromatic carbocycles. The van der Waals surface area contributed by atoms with Crippen molar-refractivity contribution in [2.75, 3.05) is 6.54 Å². The van der Waals surface area contributed by atoms with Crippen LogP contribution in [0.15, 0.2) is 6.07 Å². The number of nitrogens with one attached hydrogen (secondary N) is 1. The second-order valence-corrected chi connectivity index (χ2v) is 8.91. The van der Waals surface area contributed by atoms with Crippen molar-refractivity contribution in [1.82, 2.24) is 20.1 Å². The Kier molecular flexibility index (Phi) is 4.14. The summed E-state index contributed by atoms with van der Waals surface area (Å²) in [5.41, 5.74) is 8.64. The number of hydrogen-bond acceptors (Lipinski definition) is 4. The van der Waals surface area contributed by atoms with Crippen LogP contribution in [0.5, 0.6) is 0 Å². The zero-order chi connectivity index (χ0) is 18.6. The fourth-order valence-corrected chi connectivity index (χ4v) is 2.95. The van der Waals surface area contributed by atoms with Gasteiger partial charge >= 0.3 is 0 Å². The molecule has 1 aliphatic rings. The van der Waals surface area contributed by atoms with Gasteiger partial charge in [0.25, 0.3) is 5.91 Å². The molecule has 0 unspecified atom stereocenters. The van der Waals surface area contributed by atoms with Gasteiger partial charge in [0.2, 0.25) is 0 Å². The van der Waals surface area contributed by atoms with E-state index in [2.05, 4.69) is 31.2 Å². The van der Waals surface area contributed by atoms with Crippen LogP contribution >= 0.6 is 0 Å². The first-order chi connectivity index (χ1) is 11.5. The summed E-state index contributed by atoms with van der Waals surface area (Å²) < 4.78 is 1.94. The average Bonchev–Trinajstić information content (AvgIpc) is 3.27. The van der Waals surface area contributed by atoms with E-state index in [-0.39, 0.29) is 11.4 Å². The van der Waals surface area contributed by atoms with Crippen molar-refractivity contribution in [1.29, 1.82) is 0 Å². The van der Waals surface area contributed by atoms with Gasteiger partial charge in [-0.15, -0.1) is 0 Å². The number of carbonyl (C=O) groups is 1. The second kappa shape index (κ2) is 5.80. The van der Waals surface area contributed by atoms with Crippen molar-refractivity contribution in [3.05, 3.63) is 23.0 Å². The quantitative estimate of drug-likeness (QED) is 0.894. The molecule has 0 radical (unpaired) electrons. The zero-order valence-electron chi connectivity index (χ0n) is 16.1. The summed E-state index contributed by atoms with van der Waals surface area (Å²) >= 11 is 0. The predicted molar refractivity (Wildman–Crippen MR) is 99.8 cm³/mol. The van der Waals surface area contributed by atoms with E-state index in [0.29, 0.717) is 18.0 Å². The highest BCUT2D eigenvalue weighted by Gasteiger charge is 2.30. The molecule has 2 aromatic heterocycles. The van der Waals surface area contributed by atoms with E-state index in [9.17, 15) is 4.79 Å². The van der Waals surface area contributed by atoms with Gasteiger partial charge in [0.15, 0.2) is 5.65 Å². The molecule has 0 atom stereocenters. The van der Waals surface area contributed by atoms with Crippen molar-refractivity contribution < 1.29 is 4.79 Å². The molecule has 2 aromatic rings. The Balaban J connectivity index is 2.13. The Hall–Kier alpha value is -1.95. The fraction of sp³-hybridized carbons (Fsp3) is 0.632. The third-order valence-electron chi connectivity index (χ3n) is 4.41. The predicted octanol–water partition coefficient (Wildman–Crippen LogP) is 2.84. The SMILES string of the molecule is Cc1nn(C(C)(C)C)c2nc(C3CC3)cc(C(=O)NCC(C)(C)N)c12. The van der Waals surface area contributed by atoms with Gasteiger partial charge in [0, 0.05) is 23.7 Å². The number of aromatic nitrogens is 3. The van der Waals surface area contributed by atoms with Gasteiger partial charge in [0.05, 0.1) is 22.2 Å². The second-order valence-electron chi connectivity index (χ2n) is 8.91. The van der Waals surface area contributed by atoms with Crippen LogP contribution in [-0.4, -0.2) is 32.8 Å². The first kappa shape index (κ1) is 17.9.